The Bertz CT molecular complexity index is 1010. The van der Waals surface area contributed by atoms with E-state index >= 15 is 0 Å². The maximum atomic E-state index is 12.4. The van der Waals surface area contributed by atoms with Gasteiger partial charge in [0, 0.05) is 12.3 Å². The molecule has 3 aromatic carbocycles. The van der Waals surface area contributed by atoms with Crippen molar-refractivity contribution in [3.63, 3.8) is 0 Å². The van der Waals surface area contributed by atoms with Crippen molar-refractivity contribution in [1.82, 2.24) is 10.8 Å². The van der Waals surface area contributed by atoms with Crippen molar-refractivity contribution in [3.8, 4) is 11.1 Å². The average Bonchev–Trinajstić information content (AvgIpc) is 3.11. The minimum Gasteiger partial charge on any atom is -0.449 e. The van der Waals surface area contributed by atoms with Crippen molar-refractivity contribution in [1.29, 1.82) is 0 Å². The minimum atomic E-state index is -0.951. The lowest BCUT2D eigenvalue weighted by Gasteiger charge is -2.18. The van der Waals surface area contributed by atoms with E-state index in [9.17, 15) is 9.59 Å². The lowest BCUT2D eigenvalue weighted by Crippen LogP contribution is -2.47. The molecule has 6 heteroatoms. The van der Waals surface area contributed by atoms with Crippen LogP contribution in [0.15, 0.2) is 78.9 Å². The molecule has 1 aliphatic carbocycles. The number of nitrogens with one attached hydrogen (secondary N) is 2. The first-order valence-electron chi connectivity index (χ1n) is 9.76. The van der Waals surface area contributed by atoms with Crippen molar-refractivity contribution >= 4 is 12.0 Å². The lowest BCUT2D eigenvalue weighted by molar-refractivity contribution is -0.131. The molecule has 0 aliphatic heterocycles. The summed E-state index contributed by atoms with van der Waals surface area (Å²) in [6.07, 6.45) is -0.473. The molecular weight excluding hydrogens is 380 g/mol. The van der Waals surface area contributed by atoms with Crippen molar-refractivity contribution in [3.05, 3.63) is 95.6 Å². The molecule has 0 spiro atoms. The van der Waals surface area contributed by atoms with Gasteiger partial charge < -0.3 is 10.1 Å². The molecule has 2 amide bonds. The van der Waals surface area contributed by atoms with Gasteiger partial charge >= 0.3 is 6.09 Å². The maximum Gasteiger partial charge on any atom is 0.407 e. The van der Waals surface area contributed by atoms with Gasteiger partial charge in [0.15, 0.2) is 0 Å². The van der Waals surface area contributed by atoms with Gasteiger partial charge in [-0.05, 0) is 27.8 Å². The van der Waals surface area contributed by atoms with Gasteiger partial charge in [-0.2, -0.15) is 0 Å². The molecule has 6 nitrogen and oxygen atoms in total. The van der Waals surface area contributed by atoms with Gasteiger partial charge in [-0.1, -0.05) is 78.9 Å². The summed E-state index contributed by atoms with van der Waals surface area (Å²) in [7, 11) is 0. The van der Waals surface area contributed by atoms with Crippen LogP contribution < -0.4 is 10.8 Å². The van der Waals surface area contributed by atoms with E-state index in [0.717, 1.165) is 27.8 Å². The van der Waals surface area contributed by atoms with Crippen LogP contribution in [0.4, 0.5) is 4.79 Å². The SMILES string of the molecule is O=C(N[C@H](Cc1ccccc1)C(=O)NO)OCC1c2ccccc2-c2ccccc21. The first-order chi connectivity index (χ1) is 14.7. The third-order valence-electron chi connectivity index (χ3n) is 5.35. The highest BCUT2D eigenvalue weighted by atomic mass is 16.5. The first-order valence-corrected chi connectivity index (χ1v) is 9.76. The van der Waals surface area contributed by atoms with Crippen LogP contribution in [0, 0.1) is 0 Å². The quantitative estimate of drug-likeness (QED) is 0.434. The molecule has 1 aliphatic rings. The molecule has 0 radical (unpaired) electrons. The zero-order chi connectivity index (χ0) is 20.9. The number of carbonyl (C=O) groups is 2. The average molecular weight is 402 g/mol. The van der Waals surface area contributed by atoms with E-state index in [2.05, 4.69) is 17.4 Å². The summed E-state index contributed by atoms with van der Waals surface area (Å²) in [5.74, 6) is -0.769. The Labute approximate surface area is 174 Å². The Morgan fingerprint density at radius 2 is 1.43 bits per heavy atom. The van der Waals surface area contributed by atoms with E-state index in [1.807, 2.05) is 66.7 Å². The van der Waals surface area contributed by atoms with Crippen molar-refractivity contribution in [2.24, 2.45) is 0 Å². The van der Waals surface area contributed by atoms with E-state index in [-0.39, 0.29) is 18.9 Å². The summed E-state index contributed by atoms with van der Waals surface area (Å²) < 4.78 is 5.49. The largest absolute Gasteiger partial charge is 0.449 e. The Balaban J connectivity index is 1.44. The van der Waals surface area contributed by atoms with Crippen molar-refractivity contribution in [2.75, 3.05) is 6.61 Å². The predicted molar refractivity (Wildman–Crippen MR) is 112 cm³/mol. The standard InChI is InChI=1S/C24H22N2O4/c27-23(26-29)22(14-16-8-2-1-3-9-16)25-24(28)30-15-21-19-12-6-4-10-17(19)18-11-5-7-13-20(18)21/h1-13,21-22,29H,14-15H2,(H,25,28)(H,26,27)/t22-/m1/s1. The Morgan fingerprint density at radius 1 is 0.867 bits per heavy atom. The van der Waals surface area contributed by atoms with Gasteiger partial charge in [0.1, 0.15) is 12.6 Å². The summed E-state index contributed by atoms with van der Waals surface area (Å²) in [5.41, 5.74) is 6.96. The molecule has 30 heavy (non-hydrogen) atoms. The fourth-order valence-electron chi connectivity index (χ4n) is 3.92. The van der Waals surface area contributed by atoms with Gasteiger partial charge in [-0.25, -0.2) is 10.3 Å². The number of hydrogen-bond donors (Lipinski definition) is 3. The summed E-state index contributed by atoms with van der Waals surface area (Å²) >= 11 is 0. The van der Waals surface area contributed by atoms with Gasteiger partial charge in [-0.15, -0.1) is 0 Å². The number of rotatable bonds is 6. The fourth-order valence-corrected chi connectivity index (χ4v) is 3.92. The molecule has 0 heterocycles. The Kier molecular flexibility index (Phi) is 5.77. The molecule has 0 fully saturated rings. The van der Waals surface area contributed by atoms with E-state index < -0.39 is 18.0 Å². The molecule has 0 saturated heterocycles. The highest BCUT2D eigenvalue weighted by Crippen LogP contribution is 2.44. The highest BCUT2D eigenvalue weighted by Gasteiger charge is 2.29. The van der Waals surface area contributed by atoms with Crippen LogP contribution in [0.3, 0.4) is 0 Å². The van der Waals surface area contributed by atoms with Gasteiger partial charge in [0.2, 0.25) is 0 Å². The van der Waals surface area contributed by atoms with E-state index in [0.29, 0.717) is 0 Å². The zero-order valence-corrected chi connectivity index (χ0v) is 16.2. The molecule has 0 bridgehead atoms. The maximum absolute atomic E-state index is 12.4. The number of alkyl carbamates (subject to hydrolysis) is 1. The number of hydroxylamine groups is 1. The lowest BCUT2D eigenvalue weighted by atomic mass is 9.98. The van der Waals surface area contributed by atoms with Gasteiger partial charge in [-0.3, -0.25) is 10.0 Å². The molecule has 3 N–H and O–H groups in total. The topological polar surface area (TPSA) is 87.7 Å². The number of amides is 2. The second-order valence-electron chi connectivity index (χ2n) is 7.19. The van der Waals surface area contributed by atoms with Crippen LogP contribution in [0.1, 0.15) is 22.6 Å². The number of carbonyl (C=O) groups excluding carboxylic acids is 2. The van der Waals surface area contributed by atoms with Crippen LogP contribution in [0.2, 0.25) is 0 Å². The molecule has 0 aromatic heterocycles. The summed E-state index contributed by atoms with van der Waals surface area (Å²) in [6, 6.07) is 24.4. The second-order valence-corrected chi connectivity index (χ2v) is 7.19. The molecule has 3 aromatic rings. The number of hydrogen-bond acceptors (Lipinski definition) is 4. The first kappa shape index (κ1) is 19.7. The van der Waals surface area contributed by atoms with Crippen LogP contribution in [-0.4, -0.2) is 29.9 Å². The number of fused-ring (bicyclic) bond motifs is 3. The Hall–Kier alpha value is -3.64. The zero-order valence-electron chi connectivity index (χ0n) is 16.2. The van der Waals surface area contributed by atoms with Crippen molar-refractivity contribution < 1.29 is 19.5 Å². The van der Waals surface area contributed by atoms with E-state index in [1.54, 1.807) is 5.48 Å². The minimum absolute atomic E-state index is 0.0672. The summed E-state index contributed by atoms with van der Waals surface area (Å²) in [5, 5.41) is 11.6. The van der Waals surface area contributed by atoms with E-state index in [1.165, 1.54) is 0 Å². The smallest absolute Gasteiger partial charge is 0.407 e. The predicted octanol–water partition coefficient (Wildman–Crippen LogP) is 3.64. The monoisotopic (exact) mass is 402 g/mol. The van der Waals surface area contributed by atoms with Crippen LogP contribution in [0.25, 0.3) is 11.1 Å². The molecule has 1 atom stereocenters. The molecule has 152 valence electrons. The molecule has 4 rings (SSSR count). The summed E-state index contributed by atoms with van der Waals surface area (Å²) in [4.78, 5) is 24.5. The van der Waals surface area contributed by atoms with Crippen LogP contribution in [-0.2, 0) is 16.0 Å². The Morgan fingerprint density at radius 3 is 2.03 bits per heavy atom. The third-order valence-corrected chi connectivity index (χ3v) is 5.35. The van der Waals surface area contributed by atoms with Crippen LogP contribution >= 0.6 is 0 Å². The second kappa shape index (κ2) is 8.80. The van der Waals surface area contributed by atoms with Gasteiger partial charge in [0.25, 0.3) is 5.91 Å². The fraction of sp³-hybridized carbons (Fsp3) is 0.167. The molecular formula is C24H22N2O4. The number of ether oxygens (including phenoxy) is 1. The molecule has 0 saturated carbocycles. The normalized spacial score (nSPS) is 13.1. The van der Waals surface area contributed by atoms with Crippen molar-refractivity contribution in [2.45, 2.75) is 18.4 Å². The summed E-state index contributed by atoms with van der Waals surface area (Å²) in [6.45, 7) is 0.151. The van der Waals surface area contributed by atoms with E-state index in [4.69, 9.17) is 9.94 Å². The van der Waals surface area contributed by atoms with Gasteiger partial charge in [0.05, 0.1) is 0 Å². The highest BCUT2D eigenvalue weighted by molar-refractivity contribution is 5.85. The third kappa shape index (κ3) is 4.04. The number of benzene rings is 3. The molecule has 0 unspecified atom stereocenters. The van der Waals surface area contributed by atoms with Crippen LogP contribution in [0.5, 0.6) is 0 Å².